The van der Waals surface area contributed by atoms with E-state index in [1.165, 1.54) is 45.6 Å². The van der Waals surface area contributed by atoms with E-state index < -0.39 is 0 Å². The van der Waals surface area contributed by atoms with Gasteiger partial charge in [-0.1, -0.05) is 51.5 Å². The molecule has 0 atom stereocenters. The normalized spacial score (nSPS) is 10.7. The second-order valence-electron chi connectivity index (χ2n) is 4.93. The molecule has 3 heteroatoms. The summed E-state index contributed by atoms with van der Waals surface area (Å²) in [7, 11) is 1.50. The molecule has 0 radical (unpaired) electrons. The molecule has 0 aliphatic carbocycles. The lowest BCUT2D eigenvalue weighted by Gasteiger charge is -2.09. The number of rotatable bonds is 9. The van der Waals surface area contributed by atoms with Crippen molar-refractivity contribution in [3.63, 3.8) is 0 Å². The Morgan fingerprint density at radius 2 is 1.68 bits per heavy atom. The maximum Gasteiger partial charge on any atom is 0.169 e. The van der Waals surface area contributed by atoms with Gasteiger partial charge in [0.1, 0.15) is 0 Å². The summed E-state index contributed by atoms with van der Waals surface area (Å²) < 4.78 is 19.8. The van der Waals surface area contributed by atoms with Crippen molar-refractivity contribution in [2.75, 3.05) is 7.11 Å². The number of methoxy groups -OCH3 is 1. The molecule has 0 aromatic heterocycles. The van der Waals surface area contributed by atoms with Crippen LogP contribution in [-0.4, -0.2) is 7.11 Å². The smallest absolute Gasteiger partial charge is 0.169 e. The van der Waals surface area contributed by atoms with Crippen LogP contribution in [0.15, 0.2) is 16.6 Å². The molecule has 0 saturated heterocycles. The molecule has 0 N–H and O–H groups in total. The van der Waals surface area contributed by atoms with E-state index in [4.69, 9.17) is 4.74 Å². The molecular formula is C16H24BrFO. The average molecular weight is 331 g/mol. The highest BCUT2D eigenvalue weighted by molar-refractivity contribution is 9.10. The van der Waals surface area contributed by atoms with Gasteiger partial charge >= 0.3 is 0 Å². The molecule has 0 unspecified atom stereocenters. The lowest BCUT2D eigenvalue weighted by Crippen LogP contribution is -1.96. The largest absolute Gasteiger partial charge is 0.492 e. The maximum absolute atomic E-state index is 14.1. The molecular weight excluding hydrogens is 307 g/mol. The zero-order valence-corrected chi connectivity index (χ0v) is 13.6. The fourth-order valence-corrected chi connectivity index (χ4v) is 2.69. The first kappa shape index (κ1) is 16.5. The summed E-state index contributed by atoms with van der Waals surface area (Å²) >= 11 is 3.29. The number of ether oxygens (including phenoxy) is 1. The molecule has 1 aromatic rings. The first-order chi connectivity index (χ1) is 9.20. The predicted molar refractivity (Wildman–Crippen MR) is 82.3 cm³/mol. The molecule has 0 aliphatic rings. The van der Waals surface area contributed by atoms with Crippen molar-refractivity contribution in [2.24, 2.45) is 0 Å². The Balaban J connectivity index is 2.33. The van der Waals surface area contributed by atoms with Crippen molar-refractivity contribution in [2.45, 2.75) is 58.3 Å². The summed E-state index contributed by atoms with van der Waals surface area (Å²) in [6.07, 6.45) is 9.54. The lowest BCUT2D eigenvalue weighted by atomic mass is 10.0. The summed E-state index contributed by atoms with van der Waals surface area (Å²) in [5.41, 5.74) is 0.758. The molecule has 0 heterocycles. The molecule has 0 spiro atoms. The highest BCUT2D eigenvalue weighted by Gasteiger charge is 2.11. The van der Waals surface area contributed by atoms with E-state index in [2.05, 4.69) is 22.9 Å². The van der Waals surface area contributed by atoms with Crippen molar-refractivity contribution in [3.8, 4) is 5.75 Å². The standard InChI is InChI=1S/C16H24BrFO/c1-3-4-5-6-7-8-9-10-13-11-12-14(17)16(19-2)15(13)18/h11-12H,3-10H2,1-2H3. The van der Waals surface area contributed by atoms with Crippen LogP contribution in [-0.2, 0) is 6.42 Å². The molecule has 1 aromatic carbocycles. The Hall–Kier alpha value is -0.570. The third-order valence-corrected chi connectivity index (χ3v) is 4.01. The Kier molecular flexibility index (Phi) is 8.11. The van der Waals surface area contributed by atoms with Crippen LogP contribution in [0.2, 0.25) is 0 Å². The first-order valence-electron chi connectivity index (χ1n) is 7.21. The van der Waals surface area contributed by atoms with E-state index in [1.54, 1.807) is 0 Å². The number of aryl methyl sites for hydroxylation is 1. The number of hydrogen-bond acceptors (Lipinski definition) is 1. The third-order valence-electron chi connectivity index (χ3n) is 3.38. The van der Waals surface area contributed by atoms with Gasteiger partial charge in [0.25, 0.3) is 0 Å². The minimum atomic E-state index is -0.220. The topological polar surface area (TPSA) is 9.23 Å². The molecule has 0 amide bonds. The SMILES string of the molecule is CCCCCCCCCc1ccc(Br)c(OC)c1F. The van der Waals surface area contributed by atoms with Crippen LogP contribution in [0.1, 0.15) is 57.4 Å². The van der Waals surface area contributed by atoms with Gasteiger partial charge in [0.15, 0.2) is 11.6 Å². The van der Waals surface area contributed by atoms with Gasteiger partial charge in [-0.25, -0.2) is 4.39 Å². The van der Waals surface area contributed by atoms with Gasteiger partial charge in [0.05, 0.1) is 11.6 Å². The highest BCUT2D eigenvalue weighted by atomic mass is 79.9. The summed E-state index contributed by atoms with van der Waals surface area (Å²) in [6.45, 7) is 2.23. The summed E-state index contributed by atoms with van der Waals surface area (Å²) in [4.78, 5) is 0. The summed E-state index contributed by atoms with van der Waals surface area (Å²) in [5, 5.41) is 0. The number of unbranched alkanes of at least 4 members (excludes halogenated alkanes) is 6. The first-order valence-corrected chi connectivity index (χ1v) is 8.00. The molecule has 0 aliphatic heterocycles. The number of hydrogen-bond donors (Lipinski definition) is 0. The van der Waals surface area contributed by atoms with Gasteiger partial charge in [0, 0.05) is 0 Å². The Bertz CT molecular complexity index is 379. The number of halogens is 2. The second kappa shape index (κ2) is 9.35. The lowest BCUT2D eigenvalue weighted by molar-refractivity contribution is 0.381. The zero-order valence-electron chi connectivity index (χ0n) is 12.0. The summed E-state index contributed by atoms with van der Waals surface area (Å²) in [6, 6.07) is 3.71. The van der Waals surface area contributed by atoms with Crippen LogP contribution in [0.3, 0.4) is 0 Å². The van der Waals surface area contributed by atoms with Gasteiger partial charge in [-0.05, 0) is 40.4 Å². The van der Waals surface area contributed by atoms with Crippen molar-refractivity contribution < 1.29 is 9.13 Å². The fourth-order valence-electron chi connectivity index (χ4n) is 2.23. The maximum atomic E-state index is 14.1. The minimum Gasteiger partial charge on any atom is -0.492 e. The van der Waals surface area contributed by atoms with Crippen molar-refractivity contribution in [3.05, 3.63) is 28.0 Å². The van der Waals surface area contributed by atoms with Crippen LogP contribution < -0.4 is 4.74 Å². The molecule has 1 nitrogen and oxygen atoms in total. The van der Waals surface area contributed by atoms with Gasteiger partial charge in [0.2, 0.25) is 0 Å². The fraction of sp³-hybridized carbons (Fsp3) is 0.625. The van der Waals surface area contributed by atoms with Crippen LogP contribution in [0.4, 0.5) is 4.39 Å². The molecule has 1 rings (SSSR count). The van der Waals surface area contributed by atoms with Crippen LogP contribution in [0.5, 0.6) is 5.75 Å². The van der Waals surface area contributed by atoms with E-state index in [9.17, 15) is 4.39 Å². The van der Waals surface area contributed by atoms with E-state index >= 15 is 0 Å². The van der Waals surface area contributed by atoms with Gasteiger partial charge in [-0.2, -0.15) is 0 Å². The Labute approximate surface area is 124 Å². The Morgan fingerprint density at radius 1 is 1.05 bits per heavy atom. The molecule has 19 heavy (non-hydrogen) atoms. The highest BCUT2D eigenvalue weighted by Crippen LogP contribution is 2.30. The van der Waals surface area contributed by atoms with E-state index in [0.717, 1.165) is 18.4 Å². The monoisotopic (exact) mass is 330 g/mol. The second-order valence-corrected chi connectivity index (χ2v) is 5.78. The van der Waals surface area contributed by atoms with E-state index in [0.29, 0.717) is 10.2 Å². The third kappa shape index (κ3) is 5.52. The average Bonchev–Trinajstić information content (AvgIpc) is 2.40. The number of benzene rings is 1. The van der Waals surface area contributed by atoms with Crippen LogP contribution >= 0.6 is 15.9 Å². The van der Waals surface area contributed by atoms with Gasteiger partial charge in [-0.15, -0.1) is 0 Å². The van der Waals surface area contributed by atoms with Crippen LogP contribution in [0, 0.1) is 5.82 Å². The van der Waals surface area contributed by atoms with Gasteiger partial charge in [-0.3, -0.25) is 0 Å². The van der Waals surface area contributed by atoms with E-state index in [-0.39, 0.29) is 5.82 Å². The van der Waals surface area contributed by atoms with Crippen molar-refractivity contribution >= 4 is 15.9 Å². The predicted octanol–water partition coefficient (Wildman–Crippen LogP) is 5.89. The van der Waals surface area contributed by atoms with E-state index in [1.807, 2.05) is 12.1 Å². The van der Waals surface area contributed by atoms with Crippen LogP contribution in [0.25, 0.3) is 0 Å². The van der Waals surface area contributed by atoms with Gasteiger partial charge < -0.3 is 4.74 Å². The zero-order chi connectivity index (χ0) is 14.1. The Morgan fingerprint density at radius 3 is 2.32 bits per heavy atom. The quantitative estimate of drug-likeness (QED) is 0.513. The van der Waals surface area contributed by atoms with Crippen molar-refractivity contribution in [1.29, 1.82) is 0 Å². The molecule has 0 saturated carbocycles. The minimum absolute atomic E-state index is 0.220. The molecule has 0 fully saturated rings. The summed E-state index contributed by atoms with van der Waals surface area (Å²) in [5.74, 6) is 0.100. The van der Waals surface area contributed by atoms with Crippen molar-refractivity contribution in [1.82, 2.24) is 0 Å². The molecule has 108 valence electrons. The molecule has 0 bridgehead atoms.